The molecule has 2 heterocycles. The maximum atomic E-state index is 13.7. The molecule has 0 bridgehead atoms. The van der Waals surface area contributed by atoms with E-state index in [1.165, 1.54) is 24.4 Å². The zero-order valence-corrected chi connectivity index (χ0v) is 13.2. The van der Waals surface area contributed by atoms with Crippen LogP contribution in [0, 0.1) is 11.7 Å². The number of halogens is 1. The lowest BCUT2D eigenvalue weighted by Gasteiger charge is -2.26. The molecule has 1 saturated heterocycles. The highest BCUT2D eigenvalue weighted by Crippen LogP contribution is 2.34. The number of hydrogen-bond acceptors (Lipinski definition) is 4. The average Bonchev–Trinajstić information content (AvgIpc) is 3.28. The lowest BCUT2D eigenvalue weighted by molar-refractivity contribution is 0.0705. The van der Waals surface area contributed by atoms with E-state index in [1.54, 1.807) is 0 Å². The van der Waals surface area contributed by atoms with E-state index >= 15 is 0 Å². The number of carbonyl (C=O) groups excluding carboxylic acids is 1. The molecule has 4 rings (SSSR count). The van der Waals surface area contributed by atoms with E-state index in [-0.39, 0.29) is 23.3 Å². The molecule has 5 nitrogen and oxygen atoms in total. The molecule has 1 atom stereocenters. The maximum Gasteiger partial charge on any atom is 0.258 e. The number of rotatable bonds is 4. The summed E-state index contributed by atoms with van der Waals surface area (Å²) in [6.07, 6.45) is 4.14. The SMILES string of the molecule is O=C(c1c(O)cnc2ccc(F)cc12)N(C[C@H]1CCOC1)C1CC1. The van der Waals surface area contributed by atoms with Gasteiger partial charge in [0, 0.05) is 30.5 Å². The van der Waals surface area contributed by atoms with Crippen molar-refractivity contribution >= 4 is 16.8 Å². The highest BCUT2D eigenvalue weighted by atomic mass is 19.1. The van der Waals surface area contributed by atoms with Crippen molar-refractivity contribution in [3.8, 4) is 5.75 Å². The molecule has 0 spiro atoms. The Morgan fingerprint density at radius 2 is 2.21 bits per heavy atom. The Hall–Kier alpha value is -2.21. The van der Waals surface area contributed by atoms with Gasteiger partial charge in [0.05, 0.1) is 23.9 Å². The fraction of sp³-hybridized carbons (Fsp3) is 0.444. The van der Waals surface area contributed by atoms with Gasteiger partial charge in [-0.15, -0.1) is 0 Å². The molecule has 1 aromatic heterocycles. The second-order valence-electron chi connectivity index (χ2n) is 6.60. The van der Waals surface area contributed by atoms with Crippen LogP contribution >= 0.6 is 0 Å². The Kier molecular flexibility index (Phi) is 3.84. The van der Waals surface area contributed by atoms with Crippen molar-refractivity contribution in [1.29, 1.82) is 0 Å². The Labute approximate surface area is 139 Å². The van der Waals surface area contributed by atoms with Gasteiger partial charge in [-0.3, -0.25) is 9.78 Å². The van der Waals surface area contributed by atoms with Gasteiger partial charge >= 0.3 is 0 Å². The Morgan fingerprint density at radius 1 is 1.38 bits per heavy atom. The highest BCUT2D eigenvalue weighted by Gasteiger charge is 2.36. The summed E-state index contributed by atoms with van der Waals surface area (Å²) >= 11 is 0. The lowest BCUT2D eigenvalue weighted by atomic mass is 10.0. The highest BCUT2D eigenvalue weighted by molar-refractivity contribution is 6.08. The van der Waals surface area contributed by atoms with Crippen LogP contribution in [-0.2, 0) is 4.74 Å². The molecule has 1 saturated carbocycles. The molecule has 0 unspecified atom stereocenters. The van der Waals surface area contributed by atoms with Gasteiger partial charge in [0.2, 0.25) is 0 Å². The largest absolute Gasteiger partial charge is 0.505 e. The van der Waals surface area contributed by atoms with E-state index in [2.05, 4.69) is 4.98 Å². The normalized spacial score (nSPS) is 20.5. The van der Waals surface area contributed by atoms with Gasteiger partial charge in [0.15, 0.2) is 0 Å². The van der Waals surface area contributed by atoms with Crippen LogP contribution in [0.5, 0.6) is 5.75 Å². The molecule has 0 radical (unpaired) electrons. The molecular formula is C18H19FN2O3. The average molecular weight is 330 g/mol. The summed E-state index contributed by atoms with van der Waals surface area (Å²) in [5.74, 6) is -0.584. The Bertz CT molecular complexity index is 780. The molecular weight excluding hydrogens is 311 g/mol. The van der Waals surface area contributed by atoms with Gasteiger partial charge in [0.25, 0.3) is 5.91 Å². The minimum atomic E-state index is -0.453. The monoisotopic (exact) mass is 330 g/mol. The number of pyridine rings is 1. The number of benzene rings is 1. The Balaban J connectivity index is 1.72. The first-order valence-electron chi connectivity index (χ1n) is 8.29. The van der Waals surface area contributed by atoms with Crippen LogP contribution < -0.4 is 0 Å². The summed E-state index contributed by atoms with van der Waals surface area (Å²) in [7, 11) is 0. The number of aromatic hydroxyl groups is 1. The third kappa shape index (κ3) is 2.82. The fourth-order valence-corrected chi connectivity index (χ4v) is 3.31. The van der Waals surface area contributed by atoms with Crippen LogP contribution in [0.1, 0.15) is 29.6 Å². The summed E-state index contributed by atoms with van der Waals surface area (Å²) in [5.41, 5.74) is 0.641. The predicted molar refractivity (Wildman–Crippen MR) is 86.4 cm³/mol. The second-order valence-corrected chi connectivity index (χ2v) is 6.60. The van der Waals surface area contributed by atoms with Gasteiger partial charge in [-0.2, -0.15) is 0 Å². The predicted octanol–water partition coefficient (Wildman–Crippen LogP) is 2.72. The van der Waals surface area contributed by atoms with Crippen molar-refractivity contribution < 1.29 is 19.0 Å². The van der Waals surface area contributed by atoms with Gasteiger partial charge in [-0.05, 0) is 37.5 Å². The smallest absolute Gasteiger partial charge is 0.258 e. The third-order valence-electron chi connectivity index (χ3n) is 4.75. The van der Waals surface area contributed by atoms with E-state index in [4.69, 9.17) is 4.74 Å². The number of amides is 1. The summed E-state index contributed by atoms with van der Waals surface area (Å²) in [4.78, 5) is 19.0. The molecule has 2 fully saturated rings. The number of carbonyl (C=O) groups is 1. The maximum absolute atomic E-state index is 13.7. The van der Waals surface area contributed by atoms with Crippen molar-refractivity contribution in [3.05, 3.63) is 35.8 Å². The first kappa shape index (κ1) is 15.3. The lowest BCUT2D eigenvalue weighted by Crippen LogP contribution is -2.37. The van der Waals surface area contributed by atoms with Crippen LogP contribution in [0.15, 0.2) is 24.4 Å². The van der Waals surface area contributed by atoms with E-state index in [0.29, 0.717) is 30.0 Å². The number of ether oxygens (including phenoxy) is 1. The molecule has 1 aromatic carbocycles. The molecule has 1 aliphatic heterocycles. The van der Waals surface area contributed by atoms with Crippen molar-refractivity contribution in [3.63, 3.8) is 0 Å². The summed E-state index contributed by atoms with van der Waals surface area (Å²) in [6.45, 7) is 2.00. The van der Waals surface area contributed by atoms with Crippen LogP contribution in [-0.4, -0.2) is 46.7 Å². The molecule has 24 heavy (non-hydrogen) atoms. The van der Waals surface area contributed by atoms with Gasteiger partial charge in [0.1, 0.15) is 11.6 Å². The zero-order valence-electron chi connectivity index (χ0n) is 13.2. The third-order valence-corrected chi connectivity index (χ3v) is 4.75. The number of aromatic nitrogens is 1. The number of hydrogen-bond donors (Lipinski definition) is 1. The van der Waals surface area contributed by atoms with Crippen LogP contribution in [0.25, 0.3) is 10.9 Å². The van der Waals surface area contributed by atoms with Crippen molar-refractivity contribution in [2.45, 2.75) is 25.3 Å². The van der Waals surface area contributed by atoms with Crippen LogP contribution in [0.3, 0.4) is 0 Å². The summed E-state index contributed by atoms with van der Waals surface area (Å²) in [5, 5.41) is 10.6. The molecule has 2 aliphatic rings. The van der Waals surface area contributed by atoms with Gasteiger partial charge < -0.3 is 14.7 Å². The molecule has 1 N–H and O–H groups in total. The molecule has 1 aliphatic carbocycles. The standard InChI is InChI=1S/C18H19FN2O3/c19-12-1-4-15-14(7-12)17(16(22)8-20-15)18(23)21(13-2-3-13)9-11-5-6-24-10-11/h1,4,7-8,11,13,22H,2-3,5-6,9-10H2/t11-/m1/s1. The van der Waals surface area contributed by atoms with Crippen LogP contribution in [0.2, 0.25) is 0 Å². The first-order valence-corrected chi connectivity index (χ1v) is 8.29. The molecule has 1 amide bonds. The number of nitrogens with zero attached hydrogens (tertiary/aromatic N) is 2. The minimum absolute atomic E-state index is 0.144. The quantitative estimate of drug-likeness (QED) is 0.936. The van der Waals surface area contributed by atoms with Crippen molar-refractivity contribution in [1.82, 2.24) is 9.88 Å². The van der Waals surface area contributed by atoms with E-state index in [0.717, 1.165) is 25.9 Å². The van der Waals surface area contributed by atoms with Crippen molar-refractivity contribution in [2.75, 3.05) is 19.8 Å². The first-order chi connectivity index (χ1) is 11.6. The van der Waals surface area contributed by atoms with E-state index in [9.17, 15) is 14.3 Å². The zero-order chi connectivity index (χ0) is 16.7. The summed E-state index contributed by atoms with van der Waals surface area (Å²) < 4.78 is 19.1. The van der Waals surface area contributed by atoms with E-state index < -0.39 is 5.82 Å². The van der Waals surface area contributed by atoms with E-state index in [1.807, 2.05) is 4.90 Å². The van der Waals surface area contributed by atoms with Gasteiger partial charge in [-0.25, -0.2) is 4.39 Å². The Morgan fingerprint density at radius 3 is 2.92 bits per heavy atom. The summed E-state index contributed by atoms with van der Waals surface area (Å²) in [6, 6.07) is 4.29. The molecule has 2 aromatic rings. The fourth-order valence-electron chi connectivity index (χ4n) is 3.31. The minimum Gasteiger partial charge on any atom is -0.505 e. The topological polar surface area (TPSA) is 62.7 Å². The van der Waals surface area contributed by atoms with Crippen LogP contribution in [0.4, 0.5) is 4.39 Å². The molecule has 6 heteroatoms. The van der Waals surface area contributed by atoms with Crippen molar-refractivity contribution in [2.24, 2.45) is 5.92 Å². The number of fused-ring (bicyclic) bond motifs is 1. The molecule has 126 valence electrons. The van der Waals surface area contributed by atoms with Gasteiger partial charge in [-0.1, -0.05) is 0 Å². The second kappa shape index (κ2) is 6.02.